The van der Waals surface area contributed by atoms with E-state index >= 15 is 0 Å². The molecule has 43 heavy (non-hydrogen) atoms. The maximum atomic E-state index is 13.6. The molecule has 1 aromatic heterocycles. The summed E-state index contributed by atoms with van der Waals surface area (Å²) in [5.74, 6) is -0.956. The van der Waals surface area contributed by atoms with Gasteiger partial charge in [-0.25, -0.2) is 9.18 Å². The Morgan fingerprint density at radius 2 is 1.49 bits per heavy atom. The topological polar surface area (TPSA) is 55.9 Å². The van der Waals surface area contributed by atoms with Crippen molar-refractivity contribution < 1.29 is 40.3 Å². The van der Waals surface area contributed by atoms with E-state index in [0.29, 0.717) is 24.2 Å². The molecule has 6 nitrogen and oxygen atoms in total. The fraction of sp³-hybridized carbons (Fsp3) is 0.379. The number of anilines is 1. The summed E-state index contributed by atoms with van der Waals surface area (Å²) in [7, 11) is 0. The monoisotopic (exact) mass is 630 g/mol. The highest BCUT2D eigenvalue weighted by atomic mass is 32.1. The number of benzene rings is 2. The molecule has 232 valence electrons. The number of carbonyl (C=O) groups is 2. The van der Waals surface area contributed by atoms with E-state index in [4.69, 9.17) is 0 Å². The molecule has 0 unspecified atom stereocenters. The van der Waals surface area contributed by atoms with E-state index < -0.39 is 53.5 Å². The average Bonchev–Trinajstić information content (AvgIpc) is 3.65. The zero-order valence-electron chi connectivity index (χ0n) is 22.8. The quantitative estimate of drug-likeness (QED) is 0.244. The summed E-state index contributed by atoms with van der Waals surface area (Å²) in [6, 6.07) is 8.98. The molecule has 0 radical (unpaired) electrons. The van der Waals surface area contributed by atoms with E-state index in [0.717, 1.165) is 35.7 Å². The molecule has 0 bridgehead atoms. The molecule has 3 amide bonds. The van der Waals surface area contributed by atoms with Gasteiger partial charge < -0.3 is 20.0 Å². The number of carbonyl (C=O) groups excluding carboxylic acids is 2. The largest absolute Gasteiger partial charge is 0.416 e. The summed E-state index contributed by atoms with van der Waals surface area (Å²) in [4.78, 5) is 32.4. The van der Waals surface area contributed by atoms with Crippen LogP contribution in [0.2, 0.25) is 0 Å². The molecule has 1 aliphatic heterocycles. The first kappa shape index (κ1) is 32.3. The summed E-state index contributed by atoms with van der Waals surface area (Å²) in [5.41, 5.74) is -3.21. The van der Waals surface area contributed by atoms with E-state index in [1.165, 1.54) is 40.5 Å². The molecular formula is C29H29F7N4O2S. The number of alkyl halides is 6. The van der Waals surface area contributed by atoms with Gasteiger partial charge in [0.05, 0.1) is 17.7 Å². The van der Waals surface area contributed by atoms with Crippen LogP contribution >= 0.6 is 11.3 Å². The maximum absolute atomic E-state index is 13.6. The van der Waals surface area contributed by atoms with Crippen molar-refractivity contribution in [2.75, 3.05) is 38.0 Å². The lowest BCUT2D eigenvalue weighted by Crippen LogP contribution is -2.46. The maximum Gasteiger partial charge on any atom is 0.416 e. The minimum Gasteiger partial charge on any atom is -0.332 e. The second-order valence-corrected chi connectivity index (χ2v) is 11.2. The Morgan fingerprint density at radius 1 is 0.860 bits per heavy atom. The van der Waals surface area contributed by atoms with E-state index in [2.05, 4.69) is 10.2 Å². The number of amides is 3. The van der Waals surface area contributed by atoms with Crippen LogP contribution in [0.4, 0.5) is 41.2 Å². The van der Waals surface area contributed by atoms with Gasteiger partial charge in [-0.2, -0.15) is 26.3 Å². The fourth-order valence-electron chi connectivity index (χ4n) is 4.65. The molecule has 0 aliphatic carbocycles. The Hall–Kier alpha value is -3.65. The van der Waals surface area contributed by atoms with Gasteiger partial charge in [-0.1, -0.05) is 18.2 Å². The number of rotatable bonds is 10. The van der Waals surface area contributed by atoms with Crippen LogP contribution in [0.25, 0.3) is 0 Å². The van der Waals surface area contributed by atoms with Crippen molar-refractivity contribution in [3.8, 4) is 0 Å². The lowest BCUT2D eigenvalue weighted by Gasteiger charge is -2.29. The average molecular weight is 631 g/mol. The molecule has 2 aromatic carbocycles. The smallest absolute Gasteiger partial charge is 0.332 e. The summed E-state index contributed by atoms with van der Waals surface area (Å²) >= 11 is 1.41. The van der Waals surface area contributed by atoms with Crippen molar-refractivity contribution >= 4 is 29.0 Å². The van der Waals surface area contributed by atoms with Crippen molar-refractivity contribution in [2.45, 2.75) is 38.3 Å². The summed E-state index contributed by atoms with van der Waals surface area (Å²) < 4.78 is 93.7. The number of halogens is 7. The normalized spacial score (nSPS) is 14.1. The standard InChI is InChI=1S/C29H29F7N4O2S/c30-23-7-5-20(6-8-23)17-40(18-25-4-3-13-43-25)26(41)19-39(12-11-38-9-1-2-10-38)27(42)37-24-15-21(28(31,32)33)14-22(16-24)29(34,35)36/h3-8,13-16H,1-2,9-12,17-19H2,(H,37,42). The molecular weight excluding hydrogens is 601 g/mol. The highest BCUT2D eigenvalue weighted by molar-refractivity contribution is 7.09. The van der Waals surface area contributed by atoms with E-state index in [1.807, 2.05) is 11.4 Å². The number of hydrogen-bond donors (Lipinski definition) is 1. The van der Waals surface area contributed by atoms with Crippen LogP contribution in [0.1, 0.15) is 34.4 Å². The number of thiophene rings is 1. The summed E-state index contributed by atoms with van der Waals surface area (Å²) in [6.45, 7) is 1.67. The van der Waals surface area contributed by atoms with E-state index in [1.54, 1.807) is 6.07 Å². The minimum atomic E-state index is -5.09. The number of urea groups is 1. The van der Waals surface area contributed by atoms with Crippen LogP contribution < -0.4 is 5.32 Å². The van der Waals surface area contributed by atoms with Crippen molar-refractivity contribution in [3.05, 3.63) is 87.4 Å². The molecule has 2 heterocycles. The van der Waals surface area contributed by atoms with Crippen LogP contribution in [0, 0.1) is 5.82 Å². The molecule has 1 N–H and O–H groups in total. The number of nitrogens with zero attached hydrogens (tertiary/aromatic N) is 3. The number of nitrogens with one attached hydrogen (secondary N) is 1. The Labute approximate surface area is 247 Å². The third-order valence-electron chi connectivity index (χ3n) is 6.90. The van der Waals surface area contributed by atoms with Crippen LogP contribution in [0.3, 0.4) is 0 Å². The third-order valence-corrected chi connectivity index (χ3v) is 7.76. The molecule has 0 saturated carbocycles. The van der Waals surface area contributed by atoms with Gasteiger partial charge in [-0.15, -0.1) is 11.3 Å². The highest BCUT2D eigenvalue weighted by Crippen LogP contribution is 2.37. The van der Waals surface area contributed by atoms with E-state index in [9.17, 15) is 40.3 Å². The van der Waals surface area contributed by atoms with Gasteiger partial charge in [0.15, 0.2) is 0 Å². The first-order valence-corrected chi connectivity index (χ1v) is 14.3. The molecule has 0 atom stereocenters. The van der Waals surface area contributed by atoms with Crippen molar-refractivity contribution in [2.24, 2.45) is 0 Å². The summed E-state index contributed by atoms with van der Waals surface area (Å²) in [5, 5.41) is 3.98. The van der Waals surface area contributed by atoms with Crippen molar-refractivity contribution in [3.63, 3.8) is 0 Å². The van der Waals surface area contributed by atoms with Crippen LogP contribution in [0.15, 0.2) is 60.0 Å². The third kappa shape index (κ3) is 9.42. The van der Waals surface area contributed by atoms with Gasteiger partial charge in [0.2, 0.25) is 5.91 Å². The van der Waals surface area contributed by atoms with Gasteiger partial charge in [0.25, 0.3) is 0 Å². The predicted molar refractivity (Wildman–Crippen MR) is 148 cm³/mol. The molecule has 3 aromatic rings. The second kappa shape index (κ2) is 13.8. The van der Waals surface area contributed by atoms with E-state index in [-0.39, 0.29) is 25.7 Å². The first-order valence-electron chi connectivity index (χ1n) is 13.4. The van der Waals surface area contributed by atoms with Gasteiger partial charge >= 0.3 is 18.4 Å². The van der Waals surface area contributed by atoms with Crippen LogP contribution in [-0.2, 0) is 30.2 Å². The van der Waals surface area contributed by atoms with Crippen molar-refractivity contribution in [1.29, 1.82) is 0 Å². The minimum absolute atomic E-state index is 0.00601. The van der Waals surface area contributed by atoms with Crippen molar-refractivity contribution in [1.82, 2.24) is 14.7 Å². The molecule has 1 aliphatic rings. The molecule has 14 heteroatoms. The molecule has 4 rings (SSSR count). The predicted octanol–water partition coefficient (Wildman–Crippen LogP) is 7.08. The molecule has 1 fully saturated rings. The Bertz CT molecular complexity index is 1340. The SMILES string of the molecule is O=C(CN(CCN1CCCC1)C(=O)Nc1cc(C(F)(F)F)cc(C(F)(F)F)c1)N(Cc1ccc(F)cc1)Cc1cccs1. The number of likely N-dealkylation sites (tertiary alicyclic amines) is 1. The van der Waals surface area contributed by atoms with Crippen LogP contribution in [-0.4, -0.2) is 59.4 Å². The lowest BCUT2D eigenvalue weighted by atomic mass is 10.1. The molecule has 0 spiro atoms. The Morgan fingerprint density at radius 3 is 2.05 bits per heavy atom. The molecule has 1 saturated heterocycles. The summed E-state index contributed by atoms with van der Waals surface area (Å²) in [6.07, 6.45) is -8.28. The van der Waals surface area contributed by atoms with Gasteiger partial charge in [0.1, 0.15) is 12.4 Å². The van der Waals surface area contributed by atoms with Gasteiger partial charge in [-0.3, -0.25) is 4.79 Å². The van der Waals surface area contributed by atoms with Crippen LogP contribution in [0.5, 0.6) is 0 Å². The second-order valence-electron chi connectivity index (χ2n) is 10.2. The zero-order valence-corrected chi connectivity index (χ0v) is 23.7. The van der Waals surface area contributed by atoms with Gasteiger partial charge in [-0.05, 0) is 73.3 Å². The Kier molecular flexibility index (Phi) is 10.3. The van der Waals surface area contributed by atoms with Gasteiger partial charge in [0, 0.05) is 30.2 Å². The Balaban J connectivity index is 1.57. The lowest BCUT2D eigenvalue weighted by molar-refractivity contribution is -0.143. The zero-order chi connectivity index (χ0) is 31.2. The highest BCUT2D eigenvalue weighted by Gasteiger charge is 2.37. The number of hydrogen-bond acceptors (Lipinski definition) is 4. The first-order chi connectivity index (χ1) is 20.3. The fourth-order valence-corrected chi connectivity index (χ4v) is 5.37.